The Labute approximate surface area is 220 Å². The van der Waals surface area contributed by atoms with E-state index in [0.29, 0.717) is 29.6 Å². The molecule has 1 saturated heterocycles. The molecule has 4 N–H and O–H groups in total. The minimum Gasteiger partial charge on any atom is -0.382 e. The van der Waals surface area contributed by atoms with Gasteiger partial charge in [0.05, 0.1) is 24.1 Å². The summed E-state index contributed by atoms with van der Waals surface area (Å²) in [6.07, 6.45) is -0.237. The lowest BCUT2D eigenvalue weighted by atomic mass is 9.99. The summed E-state index contributed by atoms with van der Waals surface area (Å²) in [6, 6.07) is 5.23. The van der Waals surface area contributed by atoms with Gasteiger partial charge < -0.3 is 21.1 Å². The molecule has 39 heavy (non-hydrogen) atoms. The van der Waals surface area contributed by atoms with Gasteiger partial charge in [0.15, 0.2) is 0 Å². The number of nitrogens with two attached hydrogens (primary N) is 1. The largest absolute Gasteiger partial charge is 0.416 e. The molecule has 0 bridgehead atoms. The number of carbonyl (C=O) groups excluding carboxylic acids is 1. The van der Waals surface area contributed by atoms with Crippen LogP contribution in [0.4, 0.5) is 29.2 Å². The van der Waals surface area contributed by atoms with Crippen molar-refractivity contribution in [1.82, 2.24) is 24.7 Å². The third-order valence-corrected chi connectivity index (χ3v) is 6.56. The standard InChI is InChI=1S/C26H25F4N7O2/c1-39-13-17-12-34-23(31)22-21(36-24(37(17)22)15-3-2-7-32-11-15)18-5-4-14(9-19(18)27)25(38)35-20-10-16(6-8-33-20)26(28,29)30/h4-6,8-10,12,15,32H,2-3,7,11,13H2,1H3,(H2,31,34)(H,33,35,38)/t15-/m1/s1. The number of ether oxygens (including phenoxy) is 1. The highest BCUT2D eigenvalue weighted by atomic mass is 19.4. The number of nitrogens with zero attached hydrogens (tertiary/aromatic N) is 4. The van der Waals surface area contributed by atoms with E-state index >= 15 is 4.39 Å². The minimum atomic E-state index is -4.60. The molecule has 9 nitrogen and oxygen atoms in total. The first-order valence-corrected chi connectivity index (χ1v) is 12.2. The van der Waals surface area contributed by atoms with E-state index in [-0.39, 0.29) is 41.0 Å². The molecule has 13 heteroatoms. The molecule has 0 saturated carbocycles. The average Bonchev–Trinajstić information content (AvgIpc) is 3.32. The fourth-order valence-corrected chi connectivity index (χ4v) is 4.72. The van der Waals surface area contributed by atoms with Gasteiger partial charge in [-0.3, -0.25) is 9.20 Å². The molecule has 4 heterocycles. The molecular weight excluding hydrogens is 518 g/mol. The molecule has 5 rings (SSSR count). The van der Waals surface area contributed by atoms with Crippen LogP contribution >= 0.6 is 0 Å². The number of imidazole rings is 1. The summed E-state index contributed by atoms with van der Waals surface area (Å²) in [6.45, 7) is 1.83. The lowest BCUT2D eigenvalue weighted by Gasteiger charge is -2.22. The van der Waals surface area contributed by atoms with Crippen molar-refractivity contribution in [3.8, 4) is 11.3 Å². The number of methoxy groups -OCH3 is 1. The summed E-state index contributed by atoms with van der Waals surface area (Å²) in [5, 5.41) is 5.64. The van der Waals surface area contributed by atoms with Gasteiger partial charge >= 0.3 is 6.18 Å². The second kappa shape index (κ2) is 10.6. The summed E-state index contributed by atoms with van der Waals surface area (Å²) in [4.78, 5) is 25.5. The lowest BCUT2D eigenvalue weighted by Crippen LogP contribution is -2.29. The number of carbonyl (C=O) groups is 1. The van der Waals surface area contributed by atoms with Crippen LogP contribution < -0.4 is 16.4 Å². The minimum absolute atomic E-state index is 0.0467. The number of benzene rings is 1. The number of hydrogen-bond acceptors (Lipinski definition) is 7. The van der Waals surface area contributed by atoms with Crippen LogP contribution in [0.15, 0.2) is 42.7 Å². The summed E-state index contributed by atoms with van der Waals surface area (Å²) in [7, 11) is 1.56. The lowest BCUT2D eigenvalue weighted by molar-refractivity contribution is -0.137. The highest BCUT2D eigenvalue weighted by Gasteiger charge is 2.31. The molecule has 4 aromatic rings. The number of halogens is 4. The van der Waals surface area contributed by atoms with Crippen LogP contribution in [0.1, 0.15) is 46.2 Å². The van der Waals surface area contributed by atoms with Crippen molar-refractivity contribution in [3.63, 3.8) is 0 Å². The number of anilines is 2. The van der Waals surface area contributed by atoms with Crippen molar-refractivity contribution < 1.29 is 27.1 Å². The van der Waals surface area contributed by atoms with Crippen LogP contribution in [-0.2, 0) is 17.5 Å². The van der Waals surface area contributed by atoms with E-state index in [4.69, 9.17) is 15.5 Å². The van der Waals surface area contributed by atoms with E-state index in [9.17, 15) is 18.0 Å². The number of hydrogen-bond donors (Lipinski definition) is 3. The highest BCUT2D eigenvalue weighted by Crippen LogP contribution is 2.35. The van der Waals surface area contributed by atoms with Crippen molar-refractivity contribution >= 4 is 23.1 Å². The van der Waals surface area contributed by atoms with Crippen LogP contribution in [0, 0.1) is 5.82 Å². The topological polar surface area (TPSA) is 119 Å². The van der Waals surface area contributed by atoms with Crippen molar-refractivity contribution in [1.29, 1.82) is 0 Å². The average molecular weight is 544 g/mol. The highest BCUT2D eigenvalue weighted by molar-refractivity contribution is 6.04. The molecule has 0 aliphatic carbocycles. The Morgan fingerprint density at radius 3 is 2.77 bits per heavy atom. The smallest absolute Gasteiger partial charge is 0.382 e. The first-order chi connectivity index (χ1) is 18.7. The zero-order valence-corrected chi connectivity index (χ0v) is 20.8. The number of aromatic nitrogens is 4. The Balaban J connectivity index is 1.52. The van der Waals surface area contributed by atoms with Crippen LogP contribution in [0.3, 0.4) is 0 Å². The van der Waals surface area contributed by atoms with Crippen molar-refractivity contribution in [2.45, 2.75) is 31.5 Å². The maximum Gasteiger partial charge on any atom is 0.416 e. The molecule has 1 aliphatic heterocycles. The number of rotatable bonds is 6. The number of fused-ring (bicyclic) bond motifs is 1. The molecule has 0 unspecified atom stereocenters. The molecule has 1 aliphatic rings. The molecular formula is C26H25F4N7O2. The van der Waals surface area contributed by atoms with E-state index in [0.717, 1.165) is 37.7 Å². The Hall–Kier alpha value is -4.10. The van der Waals surface area contributed by atoms with E-state index in [2.05, 4.69) is 20.6 Å². The Kier molecular flexibility index (Phi) is 7.19. The SMILES string of the molecule is COCc1cnc(N)c2c(-c3ccc(C(=O)Nc4cc(C(F)(F)F)ccn4)cc3F)nc([C@@H]3CCCNC3)n12. The molecule has 0 radical (unpaired) electrons. The summed E-state index contributed by atoms with van der Waals surface area (Å²) in [5.41, 5.74) is 6.67. The third kappa shape index (κ3) is 5.27. The maximum absolute atomic E-state index is 15.5. The molecule has 1 aromatic carbocycles. The van der Waals surface area contributed by atoms with Gasteiger partial charge in [-0.1, -0.05) is 0 Å². The van der Waals surface area contributed by atoms with Crippen LogP contribution in [0.2, 0.25) is 0 Å². The van der Waals surface area contributed by atoms with E-state index < -0.39 is 23.5 Å². The van der Waals surface area contributed by atoms with Gasteiger partial charge in [-0.05, 0) is 49.7 Å². The number of amides is 1. The molecule has 3 aromatic heterocycles. The zero-order valence-electron chi connectivity index (χ0n) is 20.8. The van der Waals surface area contributed by atoms with E-state index in [1.54, 1.807) is 13.3 Å². The van der Waals surface area contributed by atoms with Gasteiger partial charge in [0.25, 0.3) is 5.91 Å². The Morgan fingerprint density at radius 2 is 2.08 bits per heavy atom. The van der Waals surface area contributed by atoms with Gasteiger partial charge in [0, 0.05) is 36.9 Å². The Morgan fingerprint density at radius 1 is 1.26 bits per heavy atom. The fourth-order valence-electron chi connectivity index (χ4n) is 4.72. The Bertz CT molecular complexity index is 1530. The molecule has 1 atom stereocenters. The third-order valence-electron chi connectivity index (χ3n) is 6.56. The summed E-state index contributed by atoms with van der Waals surface area (Å²) >= 11 is 0. The molecule has 204 valence electrons. The molecule has 1 fully saturated rings. The predicted molar refractivity (Wildman–Crippen MR) is 136 cm³/mol. The van der Waals surface area contributed by atoms with Gasteiger partial charge in [0.1, 0.15) is 34.5 Å². The molecule has 0 spiro atoms. The fraction of sp³-hybridized carbons (Fsp3) is 0.308. The summed E-state index contributed by atoms with van der Waals surface area (Å²) in [5.74, 6) is -0.987. The van der Waals surface area contributed by atoms with Crippen molar-refractivity contribution in [2.75, 3.05) is 31.2 Å². The number of alkyl halides is 3. The second-order valence-electron chi connectivity index (χ2n) is 9.19. The van der Waals surface area contributed by atoms with Crippen LogP contribution in [0.5, 0.6) is 0 Å². The quantitative estimate of drug-likeness (QED) is 0.309. The van der Waals surface area contributed by atoms with E-state index in [1.807, 2.05) is 4.40 Å². The monoisotopic (exact) mass is 543 g/mol. The van der Waals surface area contributed by atoms with Gasteiger partial charge in [-0.25, -0.2) is 19.3 Å². The van der Waals surface area contributed by atoms with Crippen molar-refractivity contribution in [2.24, 2.45) is 0 Å². The predicted octanol–water partition coefficient (Wildman–Crippen LogP) is 4.40. The van der Waals surface area contributed by atoms with Gasteiger partial charge in [-0.15, -0.1) is 0 Å². The number of pyridine rings is 1. The second-order valence-corrected chi connectivity index (χ2v) is 9.19. The van der Waals surface area contributed by atoms with Crippen LogP contribution in [0.25, 0.3) is 16.8 Å². The first kappa shape index (κ1) is 26.5. The number of nitrogen functional groups attached to an aromatic ring is 1. The number of nitrogens with one attached hydrogen (secondary N) is 2. The zero-order chi connectivity index (χ0) is 27.7. The van der Waals surface area contributed by atoms with E-state index in [1.165, 1.54) is 12.1 Å². The first-order valence-electron chi connectivity index (χ1n) is 12.2. The van der Waals surface area contributed by atoms with Gasteiger partial charge in [0.2, 0.25) is 0 Å². The van der Waals surface area contributed by atoms with Crippen molar-refractivity contribution in [3.05, 3.63) is 71.2 Å². The van der Waals surface area contributed by atoms with Gasteiger partial charge in [-0.2, -0.15) is 13.2 Å². The molecule has 1 amide bonds. The normalized spacial score (nSPS) is 16.0. The van der Waals surface area contributed by atoms with Crippen LogP contribution in [-0.4, -0.2) is 45.5 Å². The maximum atomic E-state index is 15.5. The number of piperidine rings is 1. The summed E-state index contributed by atoms with van der Waals surface area (Å²) < 4.78 is 61.7.